The second-order valence-corrected chi connectivity index (χ2v) is 3.93. The number of benzene rings is 1. The van der Waals surface area contributed by atoms with Gasteiger partial charge in [-0.15, -0.1) is 11.8 Å². The van der Waals surface area contributed by atoms with Gasteiger partial charge in [-0.2, -0.15) is 0 Å². The van der Waals surface area contributed by atoms with Crippen LogP contribution < -0.4 is 0 Å². The van der Waals surface area contributed by atoms with E-state index < -0.39 is 0 Å². The van der Waals surface area contributed by atoms with Crippen LogP contribution in [-0.4, -0.2) is 18.3 Å². The number of hydrogen-bond donors (Lipinski definition) is 0. The predicted molar refractivity (Wildman–Crippen MR) is 66.4 cm³/mol. The van der Waals surface area contributed by atoms with Gasteiger partial charge in [-0.1, -0.05) is 37.6 Å². The van der Waals surface area contributed by atoms with Gasteiger partial charge in [0.1, 0.15) is 0 Å². The molecule has 1 aromatic carbocycles. The van der Waals surface area contributed by atoms with Gasteiger partial charge >= 0.3 is 0 Å². The van der Waals surface area contributed by atoms with Gasteiger partial charge in [0.2, 0.25) is 0 Å². The lowest BCUT2D eigenvalue weighted by Crippen LogP contribution is -2.00. The zero-order valence-electron chi connectivity index (χ0n) is 9.08. The van der Waals surface area contributed by atoms with E-state index in [1.165, 1.54) is 17.5 Å². The molecular formula is C12H17NS. The number of thioether (sulfide) groups is 1. The zero-order valence-corrected chi connectivity index (χ0v) is 9.90. The molecule has 1 nitrogen and oxygen atoms in total. The summed E-state index contributed by atoms with van der Waals surface area (Å²) < 4.78 is 0. The van der Waals surface area contributed by atoms with Gasteiger partial charge in [-0.3, -0.25) is 4.99 Å². The average molecular weight is 207 g/mol. The molecule has 1 aromatic rings. The highest BCUT2D eigenvalue weighted by Crippen LogP contribution is 2.17. The van der Waals surface area contributed by atoms with E-state index in [1.54, 1.807) is 11.8 Å². The van der Waals surface area contributed by atoms with E-state index in [2.05, 4.69) is 42.4 Å². The summed E-state index contributed by atoms with van der Waals surface area (Å²) in [5, 5.41) is 1.13. The van der Waals surface area contributed by atoms with Crippen LogP contribution in [0.1, 0.15) is 24.5 Å². The molecule has 0 saturated heterocycles. The Kier molecular flexibility index (Phi) is 4.74. The van der Waals surface area contributed by atoms with E-state index in [9.17, 15) is 0 Å². The highest BCUT2D eigenvalue weighted by atomic mass is 32.2. The van der Waals surface area contributed by atoms with Gasteiger partial charge in [0.05, 0.1) is 5.04 Å². The minimum absolute atomic E-state index is 1.13. The largest absolute Gasteiger partial charge is 0.281 e. The minimum Gasteiger partial charge on any atom is -0.281 e. The predicted octanol–water partition coefficient (Wildman–Crippen LogP) is 3.38. The molecule has 0 atom stereocenters. The molecule has 0 aromatic heterocycles. The van der Waals surface area contributed by atoms with Crippen molar-refractivity contribution in [2.24, 2.45) is 4.99 Å². The third-order valence-electron chi connectivity index (χ3n) is 2.16. The molecule has 76 valence electrons. The summed E-state index contributed by atoms with van der Waals surface area (Å²) in [5.74, 6) is 0. The molecule has 0 unspecified atom stereocenters. The van der Waals surface area contributed by atoms with Crippen molar-refractivity contribution in [3.05, 3.63) is 35.4 Å². The van der Waals surface area contributed by atoms with Gasteiger partial charge in [0.25, 0.3) is 0 Å². The van der Waals surface area contributed by atoms with Crippen LogP contribution in [0.5, 0.6) is 0 Å². The molecule has 0 amide bonds. The SMILES string of the molecule is CCCc1ccccc1C(=NC)SC. The van der Waals surface area contributed by atoms with Gasteiger partial charge in [0.15, 0.2) is 0 Å². The molecular weight excluding hydrogens is 190 g/mol. The van der Waals surface area contributed by atoms with Gasteiger partial charge in [-0.05, 0) is 18.2 Å². The molecule has 0 spiro atoms. The van der Waals surface area contributed by atoms with Crippen molar-refractivity contribution >= 4 is 16.8 Å². The second kappa shape index (κ2) is 5.86. The van der Waals surface area contributed by atoms with Crippen molar-refractivity contribution in [3.63, 3.8) is 0 Å². The molecule has 14 heavy (non-hydrogen) atoms. The number of aliphatic imine (C=N–C) groups is 1. The lowest BCUT2D eigenvalue weighted by Gasteiger charge is -2.08. The molecule has 0 bridgehead atoms. The summed E-state index contributed by atoms with van der Waals surface area (Å²) in [5.41, 5.74) is 2.70. The monoisotopic (exact) mass is 207 g/mol. The highest BCUT2D eigenvalue weighted by Gasteiger charge is 2.05. The summed E-state index contributed by atoms with van der Waals surface area (Å²) >= 11 is 1.71. The number of aryl methyl sites for hydroxylation is 1. The maximum atomic E-state index is 4.30. The molecule has 0 aliphatic carbocycles. The second-order valence-electron chi connectivity index (χ2n) is 3.14. The Balaban J connectivity index is 3.05. The lowest BCUT2D eigenvalue weighted by atomic mass is 10.0. The first kappa shape index (κ1) is 11.3. The molecule has 0 aliphatic rings. The Hall–Kier alpha value is -0.760. The van der Waals surface area contributed by atoms with Crippen LogP contribution in [0.25, 0.3) is 0 Å². The third kappa shape index (κ3) is 2.61. The number of rotatable bonds is 3. The van der Waals surface area contributed by atoms with E-state index in [1.807, 2.05) is 7.05 Å². The Morgan fingerprint density at radius 1 is 1.36 bits per heavy atom. The third-order valence-corrected chi connectivity index (χ3v) is 2.95. The first-order valence-corrected chi connectivity index (χ1v) is 6.15. The van der Waals surface area contributed by atoms with Crippen molar-refractivity contribution in [1.29, 1.82) is 0 Å². The molecule has 1 rings (SSSR count). The fourth-order valence-electron chi connectivity index (χ4n) is 1.54. The summed E-state index contributed by atoms with van der Waals surface area (Å²) in [6.45, 7) is 2.21. The van der Waals surface area contributed by atoms with Gasteiger partial charge < -0.3 is 0 Å². The lowest BCUT2D eigenvalue weighted by molar-refractivity contribution is 0.920. The van der Waals surface area contributed by atoms with Crippen LogP contribution in [0.15, 0.2) is 29.3 Å². The molecule has 0 saturated carbocycles. The molecule has 2 heteroatoms. The molecule has 0 radical (unpaired) electrons. The van der Waals surface area contributed by atoms with Gasteiger partial charge in [-0.25, -0.2) is 0 Å². The summed E-state index contributed by atoms with van der Waals surface area (Å²) in [6, 6.07) is 8.53. The van der Waals surface area contributed by atoms with Crippen LogP contribution in [-0.2, 0) is 6.42 Å². The van der Waals surface area contributed by atoms with Crippen LogP contribution in [0.3, 0.4) is 0 Å². The van der Waals surface area contributed by atoms with E-state index in [0.29, 0.717) is 0 Å². The first-order valence-electron chi connectivity index (χ1n) is 4.92. The Labute approximate surface area is 90.6 Å². The van der Waals surface area contributed by atoms with Crippen molar-refractivity contribution in [2.75, 3.05) is 13.3 Å². The maximum Gasteiger partial charge on any atom is 0.0973 e. The Morgan fingerprint density at radius 2 is 2.07 bits per heavy atom. The zero-order chi connectivity index (χ0) is 10.4. The highest BCUT2D eigenvalue weighted by molar-refractivity contribution is 8.13. The minimum atomic E-state index is 1.13. The molecule has 0 N–H and O–H groups in total. The number of nitrogens with zero attached hydrogens (tertiary/aromatic N) is 1. The smallest absolute Gasteiger partial charge is 0.0973 e. The van der Waals surface area contributed by atoms with Crippen molar-refractivity contribution in [2.45, 2.75) is 19.8 Å². The van der Waals surface area contributed by atoms with Gasteiger partial charge in [0, 0.05) is 12.6 Å². The Bertz CT molecular complexity index is 318. The average Bonchev–Trinajstić information content (AvgIpc) is 2.23. The van der Waals surface area contributed by atoms with E-state index in [4.69, 9.17) is 0 Å². The summed E-state index contributed by atoms with van der Waals surface area (Å²) in [4.78, 5) is 4.30. The van der Waals surface area contributed by atoms with E-state index in [-0.39, 0.29) is 0 Å². The molecule has 0 heterocycles. The normalized spacial score (nSPS) is 11.8. The maximum absolute atomic E-state index is 4.30. The fourth-order valence-corrected chi connectivity index (χ4v) is 2.14. The van der Waals surface area contributed by atoms with Crippen molar-refractivity contribution in [3.8, 4) is 0 Å². The molecule has 0 fully saturated rings. The quantitative estimate of drug-likeness (QED) is 0.547. The first-order chi connectivity index (χ1) is 6.83. The van der Waals surface area contributed by atoms with Crippen LogP contribution in [0.2, 0.25) is 0 Å². The van der Waals surface area contributed by atoms with Crippen molar-refractivity contribution in [1.82, 2.24) is 0 Å². The molecule has 0 aliphatic heterocycles. The van der Waals surface area contributed by atoms with E-state index in [0.717, 1.165) is 11.5 Å². The summed E-state index contributed by atoms with van der Waals surface area (Å²) in [6.07, 6.45) is 4.39. The number of hydrogen-bond acceptors (Lipinski definition) is 2. The van der Waals surface area contributed by atoms with E-state index >= 15 is 0 Å². The summed E-state index contributed by atoms with van der Waals surface area (Å²) in [7, 11) is 1.86. The fraction of sp³-hybridized carbons (Fsp3) is 0.417. The van der Waals surface area contributed by atoms with Crippen LogP contribution >= 0.6 is 11.8 Å². The Morgan fingerprint density at radius 3 is 2.64 bits per heavy atom. The topological polar surface area (TPSA) is 12.4 Å². The van der Waals surface area contributed by atoms with Crippen LogP contribution in [0, 0.1) is 0 Å². The van der Waals surface area contributed by atoms with Crippen LogP contribution in [0.4, 0.5) is 0 Å². The van der Waals surface area contributed by atoms with Crippen molar-refractivity contribution < 1.29 is 0 Å². The standard InChI is InChI=1S/C12H17NS/c1-4-7-10-8-5-6-9-11(10)12(13-2)14-3/h5-6,8-9H,4,7H2,1-3H3.